The van der Waals surface area contributed by atoms with Crippen LogP contribution in [0.15, 0.2) is 30.5 Å². The van der Waals surface area contributed by atoms with Crippen molar-refractivity contribution in [3.05, 3.63) is 47.8 Å². The number of hydrogen-bond acceptors (Lipinski definition) is 2. The Balaban J connectivity index is 2.11. The third-order valence-electron chi connectivity index (χ3n) is 2.54. The van der Waals surface area contributed by atoms with E-state index in [2.05, 4.69) is 17.3 Å². The maximum absolute atomic E-state index is 13.1. The monoisotopic (exact) mass is 251 g/mol. The number of aromatic nitrogens is 2. The van der Waals surface area contributed by atoms with E-state index in [0.29, 0.717) is 12.2 Å². The molecular weight excluding hydrogens is 236 g/mol. The van der Waals surface area contributed by atoms with Gasteiger partial charge in [-0.05, 0) is 31.2 Å². The zero-order valence-electron chi connectivity index (χ0n) is 10.2. The van der Waals surface area contributed by atoms with E-state index in [4.69, 9.17) is 0 Å². The number of hydrogen-bond donors (Lipinski definition) is 1. The highest BCUT2D eigenvalue weighted by atomic mass is 19.2. The molecule has 0 unspecified atom stereocenters. The van der Waals surface area contributed by atoms with Crippen LogP contribution in [-0.2, 0) is 6.54 Å². The smallest absolute Gasteiger partial charge is 0.160 e. The van der Waals surface area contributed by atoms with Crippen molar-refractivity contribution in [1.82, 2.24) is 15.1 Å². The van der Waals surface area contributed by atoms with E-state index in [1.165, 1.54) is 10.7 Å². The molecule has 2 aromatic rings. The van der Waals surface area contributed by atoms with Gasteiger partial charge >= 0.3 is 0 Å². The molecule has 2 rings (SSSR count). The van der Waals surface area contributed by atoms with Crippen LogP contribution in [0.4, 0.5) is 8.78 Å². The molecule has 0 radical (unpaired) electrons. The summed E-state index contributed by atoms with van der Waals surface area (Å²) in [6.07, 6.45) is 2.79. The summed E-state index contributed by atoms with van der Waals surface area (Å²) in [6.45, 7) is 3.69. The SMILES string of the molecule is CCCNCc1ccn(-c2ccc(F)c(F)c2)n1. The van der Waals surface area contributed by atoms with Crippen LogP contribution in [0.1, 0.15) is 19.0 Å². The van der Waals surface area contributed by atoms with Crippen molar-refractivity contribution in [2.45, 2.75) is 19.9 Å². The molecule has 3 nitrogen and oxygen atoms in total. The van der Waals surface area contributed by atoms with Crippen molar-refractivity contribution in [2.75, 3.05) is 6.54 Å². The molecule has 0 saturated heterocycles. The first kappa shape index (κ1) is 12.7. The van der Waals surface area contributed by atoms with Crippen LogP contribution in [0, 0.1) is 11.6 Å². The first-order valence-electron chi connectivity index (χ1n) is 5.91. The zero-order chi connectivity index (χ0) is 13.0. The lowest BCUT2D eigenvalue weighted by Gasteiger charge is -2.02. The van der Waals surface area contributed by atoms with Gasteiger partial charge in [-0.15, -0.1) is 0 Å². The number of nitrogens with zero attached hydrogens (tertiary/aromatic N) is 2. The van der Waals surface area contributed by atoms with Crippen LogP contribution in [-0.4, -0.2) is 16.3 Å². The zero-order valence-corrected chi connectivity index (χ0v) is 10.2. The number of nitrogens with one attached hydrogen (secondary N) is 1. The summed E-state index contributed by atoms with van der Waals surface area (Å²) < 4.78 is 27.4. The predicted octanol–water partition coefficient (Wildman–Crippen LogP) is 2.65. The fourth-order valence-electron chi connectivity index (χ4n) is 1.62. The maximum atomic E-state index is 13.1. The summed E-state index contributed by atoms with van der Waals surface area (Å²) in [6, 6.07) is 5.57. The molecule has 1 N–H and O–H groups in total. The highest BCUT2D eigenvalue weighted by Crippen LogP contribution is 2.12. The molecule has 0 aliphatic carbocycles. The molecule has 18 heavy (non-hydrogen) atoms. The van der Waals surface area contributed by atoms with E-state index < -0.39 is 11.6 Å². The van der Waals surface area contributed by atoms with Gasteiger partial charge in [0.2, 0.25) is 0 Å². The highest BCUT2D eigenvalue weighted by Gasteiger charge is 2.05. The second-order valence-corrected chi connectivity index (χ2v) is 4.03. The summed E-state index contributed by atoms with van der Waals surface area (Å²) in [7, 11) is 0. The lowest BCUT2D eigenvalue weighted by atomic mass is 10.3. The Labute approximate surface area is 104 Å². The van der Waals surface area contributed by atoms with Crippen molar-refractivity contribution in [2.24, 2.45) is 0 Å². The van der Waals surface area contributed by atoms with Gasteiger partial charge < -0.3 is 5.32 Å². The minimum absolute atomic E-state index is 0.510. The second kappa shape index (κ2) is 5.73. The molecule has 0 aliphatic heterocycles. The molecule has 0 fully saturated rings. The molecule has 5 heteroatoms. The first-order valence-corrected chi connectivity index (χ1v) is 5.91. The minimum Gasteiger partial charge on any atom is -0.311 e. The minimum atomic E-state index is -0.867. The Bertz CT molecular complexity index is 523. The van der Waals surface area contributed by atoms with Gasteiger partial charge in [0.1, 0.15) is 0 Å². The van der Waals surface area contributed by atoms with Crippen LogP contribution >= 0.6 is 0 Å². The lowest BCUT2D eigenvalue weighted by Crippen LogP contribution is -2.14. The Morgan fingerprint density at radius 1 is 1.22 bits per heavy atom. The Morgan fingerprint density at radius 2 is 2.06 bits per heavy atom. The van der Waals surface area contributed by atoms with Crippen molar-refractivity contribution >= 4 is 0 Å². The molecule has 0 atom stereocenters. The molecular formula is C13H15F2N3. The van der Waals surface area contributed by atoms with E-state index in [0.717, 1.165) is 30.8 Å². The Kier molecular flexibility index (Phi) is 4.04. The van der Waals surface area contributed by atoms with Crippen LogP contribution in [0.25, 0.3) is 5.69 Å². The summed E-state index contributed by atoms with van der Waals surface area (Å²) >= 11 is 0. The van der Waals surface area contributed by atoms with E-state index in [-0.39, 0.29) is 0 Å². The number of halogens is 2. The van der Waals surface area contributed by atoms with Crippen molar-refractivity contribution in [3.8, 4) is 5.69 Å². The standard InChI is InChI=1S/C13H15F2N3/c1-2-6-16-9-10-5-7-18(17-10)11-3-4-12(14)13(15)8-11/h3-5,7-8,16H,2,6,9H2,1H3. The van der Waals surface area contributed by atoms with Crippen LogP contribution < -0.4 is 5.32 Å². The number of benzene rings is 1. The largest absolute Gasteiger partial charge is 0.311 e. The van der Waals surface area contributed by atoms with E-state index in [9.17, 15) is 8.78 Å². The van der Waals surface area contributed by atoms with Gasteiger partial charge in [0.05, 0.1) is 11.4 Å². The third kappa shape index (κ3) is 2.92. The normalized spacial score (nSPS) is 10.8. The molecule has 0 amide bonds. The summed E-state index contributed by atoms with van der Waals surface area (Å²) in [5.41, 5.74) is 1.38. The first-order chi connectivity index (χ1) is 8.70. The Morgan fingerprint density at radius 3 is 2.78 bits per heavy atom. The van der Waals surface area contributed by atoms with Crippen molar-refractivity contribution in [1.29, 1.82) is 0 Å². The van der Waals surface area contributed by atoms with Gasteiger partial charge in [0, 0.05) is 18.8 Å². The molecule has 96 valence electrons. The molecule has 0 bridgehead atoms. The van der Waals surface area contributed by atoms with Gasteiger partial charge in [0.25, 0.3) is 0 Å². The van der Waals surface area contributed by atoms with Crippen LogP contribution in [0.3, 0.4) is 0 Å². The Hall–Kier alpha value is -1.75. The van der Waals surface area contributed by atoms with E-state index >= 15 is 0 Å². The third-order valence-corrected chi connectivity index (χ3v) is 2.54. The average Bonchev–Trinajstić information content (AvgIpc) is 2.82. The van der Waals surface area contributed by atoms with Gasteiger partial charge in [0.15, 0.2) is 11.6 Å². The fourth-order valence-corrected chi connectivity index (χ4v) is 1.62. The van der Waals surface area contributed by atoms with Crippen molar-refractivity contribution < 1.29 is 8.78 Å². The molecule has 0 aliphatic rings. The topological polar surface area (TPSA) is 29.9 Å². The average molecular weight is 251 g/mol. The summed E-state index contributed by atoms with van der Waals surface area (Å²) in [5.74, 6) is -1.72. The van der Waals surface area contributed by atoms with Gasteiger partial charge in [-0.3, -0.25) is 0 Å². The molecule has 1 aromatic carbocycles. The van der Waals surface area contributed by atoms with Gasteiger partial charge in [-0.25, -0.2) is 13.5 Å². The lowest BCUT2D eigenvalue weighted by molar-refractivity contribution is 0.507. The number of rotatable bonds is 5. The fraction of sp³-hybridized carbons (Fsp3) is 0.308. The summed E-state index contributed by atoms with van der Waals surface area (Å²) in [4.78, 5) is 0. The quantitative estimate of drug-likeness (QED) is 0.828. The van der Waals surface area contributed by atoms with Crippen LogP contribution in [0.2, 0.25) is 0 Å². The van der Waals surface area contributed by atoms with Crippen molar-refractivity contribution in [3.63, 3.8) is 0 Å². The summed E-state index contributed by atoms with van der Waals surface area (Å²) in [5, 5.41) is 7.51. The molecule has 0 spiro atoms. The second-order valence-electron chi connectivity index (χ2n) is 4.03. The molecule has 1 heterocycles. The van der Waals surface area contributed by atoms with Gasteiger partial charge in [-0.2, -0.15) is 5.10 Å². The van der Waals surface area contributed by atoms with Gasteiger partial charge in [-0.1, -0.05) is 6.92 Å². The van der Waals surface area contributed by atoms with E-state index in [1.807, 2.05) is 6.07 Å². The maximum Gasteiger partial charge on any atom is 0.160 e. The molecule has 0 saturated carbocycles. The molecule has 1 aromatic heterocycles. The van der Waals surface area contributed by atoms with E-state index in [1.54, 1.807) is 6.20 Å². The van der Waals surface area contributed by atoms with Crippen LogP contribution in [0.5, 0.6) is 0 Å². The predicted molar refractivity (Wildman–Crippen MR) is 65.5 cm³/mol. The highest BCUT2D eigenvalue weighted by molar-refractivity contribution is 5.32.